The van der Waals surface area contributed by atoms with Gasteiger partial charge in [0.15, 0.2) is 5.78 Å². The van der Waals surface area contributed by atoms with Crippen molar-refractivity contribution in [2.45, 2.75) is 29.8 Å². The van der Waals surface area contributed by atoms with Crippen LogP contribution in [-0.2, 0) is 11.2 Å². The molecule has 0 radical (unpaired) electrons. The molecule has 0 aliphatic heterocycles. The van der Waals surface area contributed by atoms with Gasteiger partial charge < -0.3 is 5.32 Å². The highest BCUT2D eigenvalue weighted by atomic mass is 35.5. The van der Waals surface area contributed by atoms with E-state index < -0.39 is 33.8 Å². The largest absolute Gasteiger partial charge is 0.416 e. The van der Waals surface area contributed by atoms with Gasteiger partial charge in [-0.05, 0) is 65.6 Å². The van der Waals surface area contributed by atoms with E-state index in [0.29, 0.717) is 32.4 Å². The SMILES string of the molecule is C=C(c1ccc(CC(=O)c2cc(NC(=O)C3C(c4cc(Cl)cc(Cl)c4)C3(Cl)Cl)ccc2Cl)c(C)c1)C(F)(F)F. The zero-order chi connectivity index (χ0) is 28.9. The van der Waals surface area contributed by atoms with Crippen LogP contribution in [0, 0.1) is 12.8 Å². The van der Waals surface area contributed by atoms with Crippen molar-refractivity contribution < 1.29 is 22.8 Å². The van der Waals surface area contributed by atoms with Crippen molar-refractivity contribution in [1.29, 1.82) is 0 Å². The molecular weight excluding hydrogens is 617 g/mol. The van der Waals surface area contributed by atoms with Gasteiger partial charge in [-0.3, -0.25) is 9.59 Å². The number of aryl methyl sites for hydroxylation is 1. The Morgan fingerprint density at radius 2 is 1.62 bits per heavy atom. The van der Waals surface area contributed by atoms with Crippen LogP contribution in [0.3, 0.4) is 0 Å². The molecule has 1 saturated carbocycles. The normalized spacial score (nSPS) is 18.0. The van der Waals surface area contributed by atoms with Gasteiger partial charge in [-0.25, -0.2) is 0 Å². The maximum Gasteiger partial charge on any atom is 0.416 e. The first-order valence-electron chi connectivity index (χ1n) is 11.4. The van der Waals surface area contributed by atoms with E-state index in [1.54, 1.807) is 25.1 Å². The molecule has 3 nitrogen and oxygen atoms in total. The molecule has 0 heterocycles. The Balaban J connectivity index is 1.50. The number of allylic oxidation sites excluding steroid dienone is 1. The Morgan fingerprint density at radius 1 is 0.974 bits per heavy atom. The predicted molar refractivity (Wildman–Crippen MR) is 152 cm³/mol. The van der Waals surface area contributed by atoms with Crippen molar-refractivity contribution in [1.82, 2.24) is 0 Å². The monoisotopic (exact) mass is 633 g/mol. The second-order valence-electron chi connectivity index (χ2n) is 9.23. The number of hydrogen-bond donors (Lipinski definition) is 1. The molecule has 1 fully saturated rings. The highest BCUT2D eigenvalue weighted by Gasteiger charge is 2.67. The summed E-state index contributed by atoms with van der Waals surface area (Å²) >= 11 is 31.3. The minimum Gasteiger partial charge on any atom is -0.326 e. The number of nitrogens with one attached hydrogen (secondary N) is 1. The van der Waals surface area contributed by atoms with Gasteiger partial charge in [-0.1, -0.05) is 59.6 Å². The summed E-state index contributed by atoms with van der Waals surface area (Å²) in [5.41, 5.74) is 1.02. The first-order valence-corrected chi connectivity index (χ1v) is 13.3. The number of Topliss-reactive ketones (excluding diaryl/α,β-unsaturated/α-hetero) is 1. The Bertz CT molecular complexity index is 1480. The Kier molecular flexibility index (Phi) is 8.38. The number of carbonyl (C=O) groups is 2. The minimum atomic E-state index is -4.56. The molecule has 3 aromatic rings. The summed E-state index contributed by atoms with van der Waals surface area (Å²) in [6, 6.07) is 13.3. The second kappa shape index (κ2) is 11.0. The number of alkyl halides is 5. The van der Waals surface area contributed by atoms with Gasteiger partial charge >= 0.3 is 6.18 Å². The molecule has 39 heavy (non-hydrogen) atoms. The molecule has 1 aliphatic carbocycles. The number of benzene rings is 3. The topological polar surface area (TPSA) is 46.2 Å². The van der Waals surface area contributed by atoms with Gasteiger partial charge in [-0.2, -0.15) is 13.2 Å². The molecule has 204 valence electrons. The van der Waals surface area contributed by atoms with Gasteiger partial charge in [0.2, 0.25) is 5.91 Å². The number of rotatable bonds is 7. The van der Waals surface area contributed by atoms with Crippen molar-refractivity contribution in [3.05, 3.63) is 104 Å². The van der Waals surface area contributed by atoms with E-state index in [9.17, 15) is 22.8 Å². The minimum absolute atomic E-state index is 0.0768. The smallest absolute Gasteiger partial charge is 0.326 e. The Labute approximate surface area is 247 Å². The lowest BCUT2D eigenvalue weighted by atomic mass is 9.95. The third-order valence-corrected chi connectivity index (χ3v) is 8.20. The van der Waals surface area contributed by atoms with Crippen LogP contribution in [0.5, 0.6) is 0 Å². The van der Waals surface area contributed by atoms with Gasteiger partial charge in [0.05, 0.1) is 16.5 Å². The van der Waals surface area contributed by atoms with Crippen molar-refractivity contribution in [3.8, 4) is 0 Å². The van der Waals surface area contributed by atoms with Crippen molar-refractivity contribution in [3.63, 3.8) is 0 Å². The van der Waals surface area contributed by atoms with Gasteiger partial charge in [-0.15, -0.1) is 23.2 Å². The highest BCUT2D eigenvalue weighted by molar-refractivity contribution is 6.53. The van der Waals surface area contributed by atoms with E-state index in [-0.39, 0.29) is 28.4 Å². The van der Waals surface area contributed by atoms with Crippen LogP contribution in [0.2, 0.25) is 15.1 Å². The maximum atomic E-state index is 13.1. The standard InChI is InChI=1S/C28H19Cl5F3NO2/c1-13-7-16(14(2)28(34,35)36)4-3-15(13)10-23(38)21-12-20(5-6-22(21)31)37-26(39)25-24(27(25,32)33)17-8-18(29)11-19(30)9-17/h3-9,11-12,24-25H,2,10H2,1H3,(H,37,39). The molecule has 0 saturated heterocycles. The van der Waals surface area contributed by atoms with Gasteiger partial charge in [0.1, 0.15) is 4.33 Å². The van der Waals surface area contributed by atoms with Crippen LogP contribution in [0.15, 0.2) is 61.2 Å². The number of amides is 1. The molecule has 11 heteroatoms. The molecule has 2 atom stereocenters. The third kappa shape index (κ3) is 6.41. The predicted octanol–water partition coefficient (Wildman–Crippen LogP) is 9.48. The van der Waals surface area contributed by atoms with E-state index in [1.165, 1.54) is 36.4 Å². The number of carbonyl (C=O) groups excluding carboxylic acids is 2. The highest BCUT2D eigenvalue weighted by Crippen LogP contribution is 2.65. The van der Waals surface area contributed by atoms with Crippen LogP contribution >= 0.6 is 58.0 Å². The fourth-order valence-corrected chi connectivity index (χ4v) is 5.97. The summed E-state index contributed by atoms with van der Waals surface area (Å²) in [5, 5.41) is 3.63. The van der Waals surface area contributed by atoms with Crippen LogP contribution < -0.4 is 5.32 Å². The van der Waals surface area contributed by atoms with Crippen LogP contribution in [-0.4, -0.2) is 22.2 Å². The number of ketones is 1. The van der Waals surface area contributed by atoms with E-state index in [1.807, 2.05) is 0 Å². The van der Waals surface area contributed by atoms with Crippen LogP contribution in [0.4, 0.5) is 18.9 Å². The number of halogens is 8. The summed E-state index contributed by atoms with van der Waals surface area (Å²) in [4.78, 5) is 26.1. The molecule has 1 N–H and O–H groups in total. The average Bonchev–Trinajstić information content (AvgIpc) is 3.41. The fraction of sp³-hybridized carbons (Fsp3) is 0.214. The Hall–Kier alpha value is -2.22. The first kappa shape index (κ1) is 29.8. The molecule has 2 unspecified atom stereocenters. The van der Waals surface area contributed by atoms with Crippen molar-refractivity contribution in [2.75, 3.05) is 5.32 Å². The summed E-state index contributed by atoms with van der Waals surface area (Å²) < 4.78 is 37.6. The van der Waals surface area contributed by atoms with Gasteiger partial charge in [0.25, 0.3) is 0 Å². The molecule has 0 aromatic heterocycles. The molecule has 4 rings (SSSR count). The zero-order valence-corrected chi connectivity index (χ0v) is 23.9. The van der Waals surface area contributed by atoms with E-state index in [4.69, 9.17) is 58.0 Å². The quantitative estimate of drug-likeness (QED) is 0.208. The molecule has 0 bridgehead atoms. The number of hydrogen-bond acceptors (Lipinski definition) is 2. The molecular formula is C28H19Cl5F3NO2. The molecule has 1 amide bonds. The zero-order valence-electron chi connectivity index (χ0n) is 20.1. The Morgan fingerprint density at radius 3 is 2.21 bits per heavy atom. The summed E-state index contributed by atoms with van der Waals surface area (Å²) in [6.45, 7) is 4.71. The van der Waals surface area contributed by atoms with E-state index in [2.05, 4.69) is 11.9 Å². The second-order valence-corrected chi connectivity index (χ2v) is 12.0. The molecule has 0 spiro atoms. The summed E-state index contributed by atoms with van der Waals surface area (Å²) in [6.07, 6.45) is -4.68. The summed E-state index contributed by atoms with van der Waals surface area (Å²) in [7, 11) is 0. The fourth-order valence-electron chi connectivity index (χ4n) is 4.37. The average molecular weight is 636 g/mol. The van der Waals surface area contributed by atoms with Crippen molar-refractivity contribution >= 4 is 81.0 Å². The lowest BCUT2D eigenvalue weighted by Gasteiger charge is -2.13. The lowest BCUT2D eigenvalue weighted by molar-refractivity contribution is -0.117. The molecule has 1 aliphatic rings. The van der Waals surface area contributed by atoms with Crippen molar-refractivity contribution in [2.24, 2.45) is 5.92 Å². The van der Waals surface area contributed by atoms with E-state index >= 15 is 0 Å². The van der Waals surface area contributed by atoms with Crippen LogP contribution in [0.1, 0.15) is 38.5 Å². The maximum absolute atomic E-state index is 13.1. The van der Waals surface area contributed by atoms with Gasteiger partial charge in [0, 0.05) is 33.6 Å². The third-order valence-electron chi connectivity index (χ3n) is 6.50. The van der Waals surface area contributed by atoms with Crippen LogP contribution in [0.25, 0.3) is 5.57 Å². The lowest BCUT2D eigenvalue weighted by Crippen LogP contribution is -2.17. The summed E-state index contributed by atoms with van der Waals surface area (Å²) in [5.74, 6) is -2.22. The number of anilines is 1. The molecule has 3 aromatic carbocycles. The van der Waals surface area contributed by atoms with E-state index in [0.717, 1.165) is 0 Å². The first-order chi connectivity index (χ1) is 18.1.